The third kappa shape index (κ3) is 2.13. The van der Waals surface area contributed by atoms with Crippen LogP contribution in [-0.2, 0) is 30.0 Å². The summed E-state index contributed by atoms with van der Waals surface area (Å²) in [7, 11) is 0. The number of fused-ring (bicyclic) bond motifs is 5. The van der Waals surface area contributed by atoms with Gasteiger partial charge in [0.1, 0.15) is 0 Å². The standard InChI is InChI=1S/C18H14F3NO5/c19-18(20,21)9-3-1-2-4-10(9)22-14(23)12-11-5-6-17(27-11,13(12)15(22)24)16-25-7-8-26-16/h1-6,11-13,16H,7-8H2/t11-,12+,13+,17-/m1/s1. The highest BCUT2D eigenvalue weighted by atomic mass is 19.4. The maximum atomic E-state index is 13.4. The van der Waals surface area contributed by atoms with E-state index < -0.39 is 59.1 Å². The molecule has 142 valence electrons. The number of anilines is 1. The fraction of sp³-hybridized carbons (Fsp3) is 0.444. The number of alkyl halides is 3. The molecule has 9 heteroatoms. The van der Waals surface area contributed by atoms with Gasteiger partial charge in [-0.1, -0.05) is 18.2 Å². The Bertz CT molecular complexity index is 863. The molecule has 6 nitrogen and oxygen atoms in total. The van der Waals surface area contributed by atoms with Crippen molar-refractivity contribution in [1.29, 1.82) is 0 Å². The lowest BCUT2D eigenvalue weighted by atomic mass is 9.76. The Morgan fingerprint density at radius 2 is 1.78 bits per heavy atom. The number of hydrogen-bond donors (Lipinski definition) is 0. The molecule has 0 aliphatic carbocycles. The predicted octanol–water partition coefficient (Wildman–Crippen LogP) is 1.89. The quantitative estimate of drug-likeness (QED) is 0.578. The van der Waals surface area contributed by atoms with E-state index in [1.807, 2.05) is 0 Å². The molecule has 1 aromatic carbocycles. The smallest absolute Gasteiger partial charge is 0.357 e. The second kappa shape index (κ2) is 5.40. The third-order valence-corrected chi connectivity index (χ3v) is 5.52. The molecule has 4 atom stereocenters. The van der Waals surface area contributed by atoms with Crippen molar-refractivity contribution < 1.29 is 37.0 Å². The second-order valence-electron chi connectivity index (χ2n) is 6.90. The summed E-state index contributed by atoms with van der Waals surface area (Å²) in [6, 6.07) is 4.56. The SMILES string of the molecule is O=C1[C@@H]2[C@@H](C(=O)N1c1ccccc1C(F)(F)F)[C@@]1(C3OCCO3)C=C[C@H]2O1. The second-order valence-corrected chi connectivity index (χ2v) is 6.90. The van der Waals surface area contributed by atoms with Crippen LogP contribution in [-0.4, -0.2) is 43.0 Å². The predicted molar refractivity (Wildman–Crippen MR) is 83.4 cm³/mol. The Hall–Kier alpha value is -2.23. The zero-order chi connectivity index (χ0) is 19.0. The average Bonchev–Trinajstić information content (AvgIpc) is 3.38. The van der Waals surface area contributed by atoms with Gasteiger partial charge in [0, 0.05) is 0 Å². The molecule has 1 aromatic rings. The molecule has 4 aliphatic rings. The van der Waals surface area contributed by atoms with E-state index in [1.54, 1.807) is 12.2 Å². The Morgan fingerprint density at radius 1 is 1.07 bits per heavy atom. The lowest BCUT2D eigenvalue weighted by Gasteiger charge is -2.32. The first-order chi connectivity index (χ1) is 12.8. The van der Waals surface area contributed by atoms with Crippen LogP contribution in [0.3, 0.4) is 0 Å². The van der Waals surface area contributed by atoms with Crippen molar-refractivity contribution in [1.82, 2.24) is 0 Å². The topological polar surface area (TPSA) is 65.1 Å². The minimum Gasteiger partial charge on any atom is -0.357 e. The molecular formula is C18H14F3NO5. The summed E-state index contributed by atoms with van der Waals surface area (Å²) >= 11 is 0. The number of halogens is 3. The Morgan fingerprint density at radius 3 is 2.48 bits per heavy atom. The van der Waals surface area contributed by atoms with E-state index in [0.29, 0.717) is 18.1 Å². The minimum absolute atomic E-state index is 0.314. The zero-order valence-corrected chi connectivity index (χ0v) is 13.8. The molecule has 4 heterocycles. The van der Waals surface area contributed by atoms with Crippen LogP contribution < -0.4 is 4.90 Å². The number of nitrogens with zero attached hydrogens (tertiary/aromatic N) is 1. The lowest BCUT2D eigenvalue weighted by Crippen LogP contribution is -2.49. The van der Waals surface area contributed by atoms with Gasteiger partial charge in [0.15, 0.2) is 11.9 Å². The van der Waals surface area contributed by atoms with Crippen LogP contribution >= 0.6 is 0 Å². The number of ether oxygens (including phenoxy) is 3. The van der Waals surface area contributed by atoms with Crippen LogP contribution in [0.1, 0.15) is 5.56 Å². The van der Waals surface area contributed by atoms with Crippen molar-refractivity contribution in [3.8, 4) is 0 Å². The Kier molecular flexibility index (Phi) is 3.38. The number of carbonyl (C=O) groups excluding carboxylic acids is 2. The van der Waals surface area contributed by atoms with Crippen molar-refractivity contribution in [3.05, 3.63) is 42.0 Å². The van der Waals surface area contributed by atoms with E-state index in [9.17, 15) is 22.8 Å². The summed E-state index contributed by atoms with van der Waals surface area (Å²) in [6.45, 7) is 0.628. The number of benzene rings is 1. The summed E-state index contributed by atoms with van der Waals surface area (Å²) in [6.07, 6.45) is -2.97. The van der Waals surface area contributed by atoms with Crippen molar-refractivity contribution in [2.45, 2.75) is 24.2 Å². The largest absolute Gasteiger partial charge is 0.418 e. The first-order valence-electron chi connectivity index (χ1n) is 8.49. The van der Waals surface area contributed by atoms with Gasteiger partial charge in [0.05, 0.1) is 42.4 Å². The van der Waals surface area contributed by atoms with Crippen LogP contribution in [0.25, 0.3) is 0 Å². The number of amides is 2. The molecule has 3 saturated heterocycles. The van der Waals surface area contributed by atoms with Gasteiger partial charge in [-0.15, -0.1) is 0 Å². The average molecular weight is 381 g/mol. The summed E-state index contributed by atoms with van der Waals surface area (Å²) in [4.78, 5) is 26.8. The summed E-state index contributed by atoms with van der Waals surface area (Å²) in [5.41, 5.74) is -2.78. The summed E-state index contributed by atoms with van der Waals surface area (Å²) in [5.74, 6) is -3.30. The van der Waals surface area contributed by atoms with Gasteiger partial charge in [0.25, 0.3) is 0 Å². The molecule has 2 bridgehead atoms. The van der Waals surface area contributed by atoms with E-state index >= 15 is 0 Å². The fourth-order valence-electron chi connectivity index (χ4n) is 4.47. The van der Waals surface area contributed by atoms with Gasteiger partial charge in [-0.25, -0.2) is 4.90 Å². The van der Waals surface area contributed by atoms with Crippen molar-refractivity contribution in [2.24, 2.45) is 11.8 Å². The van der Waals surface area contributed by atoms with E-state index in [0.717, 1.165) is 12.1 Å². The molecule has 0 aromatic heterocycles. The van der Waals surface area contributed by atoms with Crippen LogP contribution in [0.5, 0.6) is 0 Å². The van der Waals surface area contributed by atoms with Crippen LogP contribution in [0, 0.1) is 11.8 Å². The molecule has 0 spiro atoms. The molecule has 2 amide bonds. The first-order valence-corrected chi connectivity index (χ1v) is 8.49. The fourth-order valence-corrected chi connectivity index (χ4v) is 4.47. The van der Waals surface area contributed by atoms with Crippen molar-refractivity contribution in [2.75, 3.05) is 18.1 Å². The number of para-hydroxylation sites is 1. The molecule has 0 saturated carbocycles. The Balaban J connectivity index is 1.59. The maximum Gasteiger partial charge on any atom is 0.418 e. The highest BCUT2D eigenvalue weighted by Gasteiger charge is 2.71. The Labute approximate surface area is 151 Å². The lowest BCUT2D eigenvalue weighted by molar-refractivity contribution is -0.180. The van der Waals surface area contributed by atoms with E-state index in [2.05, 4.69) is 0 Å². The van der Waals surface area contributed by atoms with Gasteiger partial charge in [-0.2, -0.15) is 13.2 Å². The van der Waals surface area contributed by atoms with Crippen LogP contribution in [0.2, 0.25) is 0 Å². The normalized spacial score (nSPS) is 35.5. The van der Waals surface area contributed by atoms with E-state index in [-0.39, 0.29) is 0 Å². The number of carbonyl (C=O) groups is 2. The van der Waals surface area contributed by atoms with Gasteiger partial charge in [-0.05, 0) is 18.2 Å². The van der Waals surface area contributed by atoms with Crippen LogP contribution in [0.15, 0.2) is 36.4 Å². The third-order valence-electron chi connectivity index (χ3n) is 5.52. The summed E-state index contributed by atoms with van der Waals surface area (Å²) < 4.78 is 57.1. The molecule has 4 aliphatic heterocycles. The van der Waals surface area contributed by atoms with E-state index in [1.165, 1.54) is 12.1 Å². The number of rotatable bonds is 2. The molecule has 3 fully saturated rings. The number of hydrogen-bond acceptors (Lipinski definition) is 5. The van der Waals surface area contributed by atoms with Gasteiger partial charge < -0.3 is 14.2 Å². The minimum atomic E-state index is -4.70. The molecule has 0 N–H and O–H groups in total. The molecule has 0 unspecified atom stereocenters. The van der Waals surface area contributed by atoms with Gasteiger partial charge >= 0.3 is 6.18 Å². The highest BCUT2D eigenvalue weighted by molar-refractivity contribution is 6.23. The number of imide groups is 1. The van der Waals surface area contributed by atoms with Crippen molar-refractivity contribution >= 4 is 17.5 Å². The maximum absolute atomic E-state index is 13.4. The highest BCUT2D eigenvalue weighted by Crippen LogP contribution is 2.55. The van der Waals surface area contributed by atoms with E-state index in [4.69, 9.17) is 14.2 Å². The zero-order valence-electron chi connectivity index (χ0n) is 13.8. The monoisotopic (exact) mass is 381 g/mol. The van der Waals surface area contributed by atoms with Gasteiger partial charge in [0.2, 0.25) is 11.8 Å². The molecule has 0 radical (unpaired) electrons. The van der Waals surface area contributed by atoms with Crippen LogP contribution in [0.4, 0.5) is 18.9 Å². The molecule has 5 rings (SSSR count). The summed E-state index contributed by atoms with van der Waals surface area (Å²) in [5, 5.41) is 0. The first kappa shape index (κ1) is 16.9. The molecular weight excluding hydrogens is 367 g/mol. The van der Waals surface area contributed by atoms with Gasteiger partial charge in [-0.3, -0.25) is 9.59 Å². The molecule has 27 heavy (non-hydrogen) atoms. The van der Waals surface area contributed by atoms with Crippen molar-refractivity contribution in [3.63, 3.8) is 0 Å².